The van der Waals surface area contributed by atoms with Crippen LogP contribution in [0.4, 0.5) is 10.1 Å². The fraction of sp³-hybridized carbons (Fsp3) is 0.0500. The smallest absolute Gasteiger partial charge is 0.236 e. The molecule has 1 aliphatic heterocycles. The molecule has 4 rings (SSSR count). The second-order valence-corrected chi connectivity index (χ2v) is 6.14. The lowest BCUT2D eigenvalue weighted by atomic mass is 9.87. The van der Waals surface area contributed by atoms with E-state index in [4.69, 9.17) is 16.3 Å². The molecule has 0 aliphatic carbocycles. The minimum absolute atomic E-state index is 0.0365. The van der Waals surface area contributed by atoms with Gasteiger partial charge in [-0.25, -0.2) is 4.39 Å². The lowest BCUT2D eigenvalue weighted by Gasteiger charge is -2.27. The van der Waals surface area contributed by atoms with Crippen molar-refractivity contribution in [2.24, 2.45) is 0 Å². The fourth-order valence-corrected chi connectivity index (χ4v) is 3.16. The summed E-state index contributed by atoms with van der Waals surface area (Å²) in [6.45, 7) is 0. The normalized spacial score (nSPS) is 12.7. The molecule has 3 aromatic rings. The number of nitrogens with one attached hydrogen (secondary N) is 1. The zero-order chi connectivity index (χ0) is 17.4. The Hall–Kier alpha value is -2.85. The maximum Gasteiger partial charge on any atom is 0.236 e. The molecule has 0 unspecified atom stereocenters. The van der Waals surface area contributed by atoms with Crippen LogP contribution in [-0.4, -0.2) is 5.91 Å². The second kappa shape index (κ2) is 6.22. The van der Waals surface area contributed by atoms with Crippen LogP contribution in [0, 0.1) is 5.82 Å². The first kappa shape index (κ1) is 15.7. The zero-order valence-electron chi connectivity index (χ0n) is 13.0. The first-order valence-corrected chi connectivity index (χ1v) is 8.13. The maximum atomic E-state index is 13.3. The van der Waals surface area contributed by atoms with Crippen molar-refractivity contribution >= 4 is 23.2 Å². The highest BCUT2D eigenvalue weighted by Crippen LogP contribution is 2.44. The summed E-state index contributed by atoms with van der Waals surface area (Å²) in [6, 6.07) is 19.0. The number of anilines is 1. The average Bonchev–Trinajstić information content (AvgIpc) is 2.62. The Bertz CT molecular complexity index is 928. The molecule has 1 heterocycles. The highest BCUT2D eigenvalue weighted by Gasteiger charge is 2.32. The molecule has 0 saturated heterocycles. The van der Waals surface area contributed by atoms with Gasteiger partial charge in [-0.3, -0.25) is 4.79 Å². The average molecular weight is 354 g/mol. The van der Waals surface area contributed by atoms with Crippen LogP contribution in [0.5, 0.6) is 11.5 Å². The molecule has 3 aromatic carbocycles. The SMILES string of the molecule is O=C(Nc1ccc(F)c(Cl)c1)C1c2ccccc2Oc2ccccc21. The number of rotatable bonds is 2. The Kier molecular flexibility index (Phi) is 3.90. The molecule has 0 bridgehead atoms. The summed E-state index contributed by atoms with van der Waals surface area (Å²) in [5.74, 6) is 0.0225. The van der Waals surface area contributed by atoms with Crippen molar-refractivity contribution in [2.45, 2.75) is 5.92 Å². The van der Waals surface area contributed by atoms with Gasteiger partial charge in [0.1, 0.15) is 17.3 Å². The van der Waals surface area contributed by atoms with E-state index in [1.165, 1.54) is 18.2 Å². The monoisotopic (exact) mass is 353 g/mol. The van der Waals surface area contributed by atoms with Crippen molar-refractivity contribution in [3.8, 4) is 11.5 Å². The number of carbonyl (C=O) groups excluding carboxylic acids is 1. The lowest BCUT2D eigenvalue weighted by molar-refractivity contribution is -0.116. The number of hydrogen-bond donors (Lipinski definition) is 1. The molecule has 0 fully saturated rings. The van der Waals surface area contributed by atoms with Gasteiger partial charge < -0.3 is 10.1 Å². The van der Waals surface area contributed by atoms with Gasteiger partial charge in [0.15, 0.2) is 0 Å². The number of para-hydroxylation sites is 2. The molecule has 1 N–H and O–H groups in total. The van der Waals surface area contributed by atoms with E-state index in [0.717, 1.165) is 11.1 Å². The molecule has 1 aliphatic rings. The van der Waals surface area contributed by atoms with E-state index in [1.54, 1.807) is 0 Å². The van der Waals surface area contributed by atoms with Crippen LogP contribution < -0.4 is 10.1 Å². The Balaban J connectivity index is 1.73. The van der Waals surface area contributed by atoms with Gasteiger partial charge in [-0.2, -0.15) is 0 Å². The van der Waals surface area contributed by atoms with Crippen LogP contribution in [0.2, 0.25) is 5.02 Å². The molecule has 0 atom stereocenters. The highest BCUT2D eigenvalue weighted by atomic mass is 35.5. The molecular formula is C20H13ClFNO2. The van der Waals surface area contributed by atoms with E-state index < -0.39 is 11.7 Å². The summed E-state index contributed by atoms with van der Waals surface area (Å²) in [7, 11) is 0. The van der Waals surface area contributed by atoms with Crippen molar-refractivity contribution in [1.29, 1.82) is 0 Å². The summed E-state index contributed by atoms with van der Waals surface area (Å²) in [5, 5.41) is 2.78. The van der Waals surface area contributed by atoms with Gasteiger partial charge in [-0.15, -0.1) is 0 Å². The van der Waals surface area contributed by atoms with E-state index in [1.807, 2.05) is 48.5 Å². The summed E-state index contributed by atoms with van der Waals surface area (Å²) in [5.41, 5.74) is 2.01. The molecule has 25 heavy (non-hydrogen) atoms. The Morgan fingerprint density at radius 2 is 1.56 bits per heavy atom. The van der Waals surface area contributed by atoms with Crippen molar-refractivity contribution in [2.75, 3.05) is 5.32 Å². The third-order valence-electron chi connectivity index (χ3n) is 4.13. The summed E-state index contributed by atoms with van der Waals surface area (Å²) >= 11 is 5.80. The van der Waals surface area contributed by atoms with E-state index in [2.05, 4.69) is 5.32 Å². The van der Waals surface area contributed by atoms with Gasteiger partial charge in [0.05, 0.1) is 10.9 Å². The standard InChI is InChI=1S/C20H13ClFNO2/c21-15-11-12(9-10-16(15)22)23-20(24)19-13-5-1-3-7-17(13)25-18-8-4-2-6-14(18)19/h1-11,19H,(H,23,24). The van der Waals surface area contributed by atoms with Crippen molar-refractivity contribution in [3.05, 3.63) is 88.7 Å². The summed E-state index contributed by atoms with van der Waals surface area (Å²) in [4.78, 5) is 13.0. The van der Waals surface area contributed by atoms with Gasteiger partial charge in [-0.1, -0.05) is 48.0 Å². The maximum absolute atomic E-state index is 13.3. The Morgan fingerprint density at radius 1 is 0.960 bits per heavy atom. The number of amides is 1. The Morgan fingerprint density at radius 3 is 2.16 bits per heavy atom. The molecule has 0 radical (unpaired) electrons. The number of halogens is 2. The highest BCUT2D eigenvalue weighted by molar-refractivity contribution is 6.31. The first-order valence-electron chi connectivity index (χ1n) is 7.75. The summed E-state index contributed by atoms with van der Waals surface area (Å²) in [6.07, 6.45) is 0. The molecule has 0 spiro atoms. The van der Waals surface area contributed by atoms with Gasteiger partial charge >= 0.3 is 0 Å². The third-order valence-corrected chi connectivity index (χ3v) is 4.42. The predicted octanol–water partition coefficient (Wildman–Crippen LogP) is 5.36. The second-order valence-electron chi connectivity index (χ2n) is 5.73. The number of fused-ring (bicyclic) bond motifs is 2. The van der Waals surface area contributed by atoms with Crippen LogP contribution in [0.3, 0.4) is 0 Å². The van der Waals surface area contributed by atoms with E-state index >= 15 is 0 Å². The van der Waals surface area contributed by atoms with Gasteiger partial charge in [0.25, 0.3) is 0 Å². The number of ether oxygens (including phenoxy) is 1. The zero-order valence-corrected chi connectivity index (χ0v) is 13.8. The lowest BCUT2D eigenvalue weighted by Crippen LogP contribution is -2.25. The first-order chi connectivity index (χ1) is 12.1. The van der Waals surface area contributed by atoms with Crippen molar-refractivity contribution in [1.82, 2.24) is 0 Å². The van der Waals surface area contributed by atoms with Gasteiger partial charge in [-0.05, 0) is 30.3 Å². The molecule has 5 heteroatoms. The van der Waals surface area contributed by atoms with Crippen LogP contribution in [0.15, 0.2) is 66.7 Å². The van der Waals surface area contributed by atoms with Gasteiger partial charge in [0.2, 0.25) is 5.91 Å². The van der Waals surface area contributed by atoms with Crippen LogP contribution in [-0.2, 0) is 4.79 Å². The molecule has 0 saturated carbocycles. The van der Waals surface area contributed by atoms with E-state index in [0.29, 0.717) is 17.2 Å². The van der Waals surface area contributed by atoms with Crippen molar-refractivity contribution < 1.29 is 13.9 Å². The number of hydrogen-bond acceptors (Lipinski definition) is 2. The minimum atomic E-state index is -0.526. The molecule has 1 amide bonds. The van der Waals surface area contributed by atoms with Crippen LogP contribution in [0.25, 0.3) is 0 Å². The molecule has 3 nitrogen and oxygen atoms in total. The summed E-state index contributed by atoms with van der Waals surface area (Å²) < 4.78 is 19.2. The molecule has 0 aromatic heterocycles. The topological polar surface area (TPSA) is 38.3 Å². The largest absolute Gasteiger partial charge is 0.457 e. The quantitative estimate of drug-likeness (QED) is 0.674. The molecule has 124 valence electrons. The van der Waals surface area contributed by atoms with E-state index in [-0.39, 0.29) is 10.9 Å². The number of carbonyl (C=O) groups is 1. The van der Waals surface area contributed by atoms with Gasteiger partial charge in [0, 0.05) is 16.8 Å². The number of benzene rings is 3. The molecular weight excluding hydrogens is 341 g/mol. The predicted molar refractivity (Wildman–Crippen MR) is 94.8 cm³/mol. The minimum Gasteiger partial charge on any atom is -0.457 e. The van der Waals surface area contributed by atoms with E-state index in [9.17, 15) is 9.18 Å². The van der Waals surface area contributed by atoms with Crippen LogP contribution >= 0.6 is 11.6 Å². The van der Waals surface area contributed by atoms with Crippen LogP contribution in [0.1, 0.15) is 17.0 Å². The van der Waals surface area contributed by atoms with Crippen molar-refractivity contribution in [3.63, 3.8) is 0 Å². The third kappa shape index (κ3) is 2.85. The fourth-order valence-electron chi connectivity index (χ4n) is 2.98. The Labute approximate surface area is 149 Å².